The fourth-order valence-electron chi connectivity index (χ4n) is 7.36. The van der Waals surface area contributed by atoms with Crippen molar-refractivity contribution in [2.24, 2.45) is 0 Å². The summed E-state index contributed by atoms with van der Waals surface area (Å²) in [4.78, 5) is 2.37. The van der Waals surface area contributed by atoms with Crippen molar-refractivity contribution in [3.05, 3.63) is 176 Å². The molecule has 0 saturated heterocycles. The van der Waals surface area contributed by atoms with Gasteiger partial charge >= 0.3 is 0 Å². The van der Waals surface area contributed by atoms with Gasteiger partial charge in [0.15, 0.2) is 0 Å². The Bertz CT molecular complexity index is 2830. The van der Waals surface area contributed by atoms with Gasteiger partial charge in [0.05, 0.1) is 11.1 Å². The number of anilines is 3. The molecule has 0 aliphatic rings. The van der Waals surface area contributed by atoms with Gasteiger partial charge in [0.1, 0.15) is 22.3 Å². The van der Waals surface area contributed by atoms with Crippen LogP contribution in [0.25, 0.3) is 76.9 Å². The van der Waals surface area contributed by atoms with Crippen LogP contribution in [0.3, 0.4) is 0 Å². The van der Waals surface area contributed by atoms with E-state index in [0.717, 1.165) is 88.4 Å². The molecule has 3 heteroatoms. The second kappa shape index (κ2) is 11.0. The first-order valence-corrected chi connectivity index (χ1v) is 16.6. The third kappa shape index (κ3) is 4.44. The molecule has 0 N–H and O–H groups in total. The minimum Gasteiger partial charge on any atom is -0.455 e. The van der Waals surface area contributed by atoms with E-state index >= 15 is 0 Å². The van der Waals surface area contributed by atoms with Crippen LogP contribution in [-0.2, 0) is 0 Å². The predicted octanol–water partition coefficient (Wildman–Crippen LogP) is 13.4. The number of furan rings is 2. The Morgan fingerprint density at radius 2 is 1.00 bits per heavy atom. The molecule has 10 rings (SSSR count). The van der Waals surface area contributed by atoms with Gasteiger partial charge in [-0.05, 0) is 64.5 Å². The number of para-hydroxylation sites is 3. The molecule has 8 aromatic carbocycles. The van der Waals surface area contributed by atoms with Crippen molar-refractivity contribution in [2.75, 3.05) is 4.90 Å². The fraction of sp³-hybridized carbons (Fsp3) is 0. The zero-order valence-electron chi connectivity index (χ0n) is 26.5. The van der Waals surface area contributed by atoms with E-state index < -0.39 is 0 Å². The highest BCUT2D eigenvalue weighted by atomic mass is 16.3. The van der Waals surface area contributed by atoms with Crippen LogP contribution in [0.2, 0.25) is 0 Å². The van der Waals surface area contributed by atoms with E-state index in [0.29, 0.717) is 0 Å². The van der Waals surface area contributed by atoms with Gasteiger partial charge in [-0.15, -0.1) is 0 Å². The van der Waals surface area contributed by atoms with Crippen LogP contribution in [0.15, 0.2) is 185 Å². The summed E-state index contributed by atoms with van der Waals surface area (Å²) >= 11 is 0. The Morgan fingerprint density at radius 3 is 1.84 bits per heavy atom. The second-order valence-corrected chi connectivity index (χ2v) is 12.5. The van der Waals surface area contributed by atoms with Crippen LogP contribution in [-0.4, -0.2) is 0 Å². The maximum Gasteiger partial charge on any atom is 0.145 e. The number of benzene rings is 8. The average molecular weight is 628 g/mol. The molecule has 0 aliphatic heterocycles. The van der Waals surface area contributed by atoms with Gasteiger partial charge in [0.25, 0.3) is 0 Å². The molecule has 0 aliphatic carbocycles. The second-order valence-electron chi connectivity index (χ2n) is 12.5. The molecule has 0 fully saturated rings. The third-order valence-corrected chi connectivity index (χ3v) is 9.64. The highest BCUT2D eigenvalue weighted by molar-refractivity contribution is 6.22. The number of fused-ring (bicyclic) bond motifs is 8. The highest BCUT2D eigenvalue weighted by Gasteiger charge is 2.22. The minimum absolute atomic E-state index is 0.877. The van der Waals surface area contributed by atoms with Crippen LogP contribution >= 0.6 is 0 Å². The van der Waals surface area contributed by atoms with E-state index in [1.807, 2.05) is 18.2 Å². The summed E-state index contributed by atoms with van der Waals surface area (Å²) in [6.07, 6.45) is 0. The largest absolute Gasteiger partial charge is 0.455 e. The van der Waals surface area contributed by atoms with Gasteiger partial charge in [-0.1, -0.05) is 133 Å². The molecule has 2 heterocycles. The van der Waals surface area contributed by atoms with Crippen molar-refractivity contribution in [3.63, 3.8) is 0 Å². The monoisotopic (exact) mass is 627 g/mol. The van der Waals surface area contributed by atoms with Crippen molar-refractivity contribution >= 4 is 71.7 Å². The van der Waals surface area contributed by atoms with Crippen molar-refractivity contribution in [1.82, 2.24) is 0 Å². The van der Waals surface area contributed by atoms with Crippen LogP contribution in [0, 0.1) is 0 Å². The van der Waals surface area contributed by atoms with Crippen molar-refractivity contribution in [3.8, 4) is 22.3 Å². The lowest BCUT2D eigenvalue weighted by Crippen LogP contribution is -2.10. The van der Waals surface area contributed by atoms with Crippen molar-refractivity contribution in [2.45, 2.75) is 0 Å². The summed E-state index contributed by atoms with van der Waals surface area (Å²) < 4.78 is 13.0. The van der Waals surface area contributed by atoms with Gasteiger partial charge < -0.3 is 13.7 Å². The molecule has 0 amide bonds. The summed E-state index contributed by atoms with van der Waals surface area (Å²) in [7, 11) is 0. The molecular formula is C46H29NO2. The van der Waals surface area contributed by atoms with E-state index in [2.05, 4.69) is 163 Å². The van der Waals surface area contributed by atoms with Crippen LogP contribution < -0.4 is 4.90 Å². The highest BCUT2D eigenvalue weighted by Crippen LogP contribution is 2.47. The maximum atomic E-state index is 6.63. The van der Waals surface area contributed by atoms with Gasteiger partial charge in [-0.2, -0.15) is 0 Å². The Kier molecular flexibility index (Phi) is 6.18. The first kappa shape index (κ1) is 27.5. The molecule has 0 bridgehead atoms. The lowest BCUT2D eigenvalue weighted by Gasteiger charge is -2.27. The topological polar surface area (TPSA) is 29.5 Å². The zero-order valence-corrected chi connectivity index (χ0v) is 26.5. The minimum atomic E-state index is 0.877. The fourth-order valence-corrected chi connectivity index (χ4v) is 7.36. The molecule has 230 valence electrons. The SMILES string of the molecule is c1ccc(-c2cccc(N(c3ccc(-c4cccc5c4oc4ccccc45)cc3)c3cc4ccccc4c4oc5ccccc5c34)c2)cc1. The number of nitrogens with zero attached hydrogens (tertiary/aromatic N) is 1. The molecule has 0 saturated carbocycles. The lowest BCUT2D eigenvalue weighted by molar-refractivity contribution is 0.670. The van der Waals surface area contributed by atoms with E-state index in [-0.39, 0.29) is 0 Å². The standard InChI is InChI=1S/C46H29NO2/c1-2-12-30(13-3-1)32-15-10-16-35(28-32)47(41-29-33-14-4-5-17-37(33)46-44(41)40-19-7-9-23-43(40)49-46)34-26-24-31(25-27-34)36-20-11-21-39-38-18-6-8-22-42(38)48-45(36)39/h1-29H. The molecule has 0 atom stereocenters. The lowest BCUT2D eigenvalue weighted by atomic mass is 9.99. The van der Waals surface area contributed by atoms with Gasteiger partial charge in [-0.3, -0.25) is 0 Å². The molecule has 0 radical (unpaired) electrons. The Hall–Kier alpha value is -6.58. The number of hydrogen-bond acceptors (Lipinski definition) is 3. The predicted molar refractivity (Wildman–Crippen MR) is 204 cm³/mol. The summed E-state index contributed by atoms with van der Waals surface area (Å²) in [5, 5.41) is 6.67. The summed E-state index contributed by atoms with van der Waals surface area (Å²) in [6, 6.07) is 62.0. The van der Waals surface area contributed by atoms with Crippen molar-refractivity contribution < 1.29 is 8.83 Å². The molecule has 2 aromatic heterocycles. The first-order chi connectivity index (χ1) is 24.3. The van der Waals surface area contributed by atoms with E-state index in [1.165, 1.54) is 5.56 Å². The molecule has 0 spiro atoms. The summed E-state index contributed by atoms with van der Waals surface area (Å²) in [5.41, 5.74) is 11.3. The Balaban J connectivity index is 1.21. The third-order valence-electron chi connectivity index (χ3n) is 9.64. The van der Waals surface area contributed by atoms with Crippen molar-refractivity contribution in [1.29, 1.82) is 0 Å². The number of hydrogen-bond donors (Lipinski definition) is 0. The Labute approximate surface area is 282 Å². The normalized spacial score (nSPS) is 11.7. The molecule has 3 nitrogen and oxygen atoms in total. The van der Waals surface area contributed by atoms with E-state index in [1.54, 1.807) is 0 Å². The average Bonchev–Trinajstić information content (AvgIpc) is 3.75. The molecule has 0 unspecified atom stereocenters. The van der Waals surface area contributed by atoms with Gasteiger partial charge in [-0.25, -0.2) is 0 Å². The molecule has 49 heavy (non-hydrogen) atoms. The summed E-state index contributed by atoms with van der Waals surface area (Å²) in [5.74, 6) is 0. The van der Waals surface area contributed by atoms with Crippen LogP contribution in [0.4, 0.5) is 17.1 Å². The van der Waals surface area contributed by atoms with Gasteiger partial charge in [0, 0.05) is 38.5 Å². The number of rotatable bonds is 5. The zero-order chi connectivity index (χ0) is 32.3. The van der Waals surface area contributed by atoms with Gasteiger partial charge in [0.2, 0.25) is 0 Å². The summed E-state index contributed by atoms with van der Waals surface area (Å²) in [6.45, 7) is 0. The quantitative estimate of drug-likeness (QED) is 0.190. The van der Waals surface area contributed by atoms with E-state index in [4.69, 9.17) is 8.83 Å². The van der Waals surface area contributed by atoms with Crippen LogP contribution in [0.5, 0.6) is 0 Å². The maximum absolute atomic E-state index is 6.63. The molecular weight excluding hydrogens is 599 g/mol. The molecule has 10 aromatic rings. The van der Waals surface area contributed by atoms with E-state index in [9.17, 15) is 0 Å². The Morgan fingerprint density at radius 1 is 0.367 bits per heavy atom. The first-order valence-electron chi connectivity index (χ1n) is 16.6. The smallest absolute Gasteiger partial charge is 0.145 e. The van der Waals surface area contributed by atoms with Crippen LogP contribution in [0.1, 0.15) is 0 Å².